The molecule has 1 saturated heterocycles. The number of piperazine rings is 1. The highest BCUT2D eigenvalue weighted by Gasteiger charge is 2.40. The van der Waals surface area contributed by atoms with E-state index in [0.717, 1.165) is 25.2 Å². The van der Waals surface area contributed by atoms with Gasteiger partial charge in [-0.2, -0.15) is 0 Å². The molecule has 0 aromatic heterocycles. The van der Waals surface area contributed by atoms with Crippen LogP contribution in [0, 0.1) is 0 Å². The molecule has 21 heavy (non-hydrogen) atoms. The smallest absolute Gasteiger partial charge is 0.247 e. The van der Waals surface area contributed by atoms with Gasteiger partial charge in [-0.3, -0.25) is 4.79 Å². The summed E-state index contributed by atoms with van der Waals surface area (Å²) in [6.45, 7) is 8.12. The highest BCUT2D eigenvalue weighted by Crippen LogP contribution is 2.33. The van der Waals surface area contributed by atoms with Gasteiger partial charge in [0.25, 0.3) is 0 Å². The molecule has 2 N–H and O–H groups in total. The molecule has 1 fully saturated rings. The highest BCUT2D eigenvalue weighted by molar-refractivity contribution is 5.90. The fraction of sp³-hybridized carbons (Fsp3) is 0.562. The van der Waals surface area contributed by atoms with Crippen LogP contribution >= 0.6 is 0 Å². The zero-order valence-electron chi connectivity index (χ0n) is 13.3. The largest absolute Gasteiger partial charge is 0.491 e. The SMILES string of the molecule is CCCOc1cc(N2CCN(C)C(=O)C2(C)C)ccc1N. The Hall–Kier alpha value is -1.91. The Morgan fingerprint density at radius 1 is 1.33 bits per heavy atom. The predicted octanol–water partition coefficient (Wildman–Crippen LogP) is 2.11. The molecule has 1 aliphatic rings. The Morgan fingerprint density at radius 3 is 2.71 bits per heavy atom. The van der Waals surface area contributed by atoms with Gasteiger partial charge in [0.1, 0.15) is 11.3 Å². The summed E-state index contributed by atoms with van der Waals surface area (Å²) in [4.78, 5) is 16.3. The normalized spacial score (nSPS) is 18.0. The van der Waals surface area contributed by atoms with Gasteiger partial charge in [-0.25, -0.2) is 0 Å². The van der Waals surface area contributed by atoms with Crippen molar-refractivity contribution in [2.45, 2.75) is 32.7 Å². The summed E-state index contributed by atoms with van der Waals surface area (Å²) in [7, 11) is 1.85. The van der Waals surface area contributed by atoms with Crippen molar-refractivity contribution in [1.82, 2.24) is 4.90 Å². The second-order valence-corrected chi connectivity index (χ2v) is 6.01. The van der Waals surface area contributed by atoms with E-state index in [1.807, 2.05) is 39.1 Å². The van der Waals surface area contributed by atoms with Crippen molar-refractivity contribution in [3.8, 4) is 5.75 Å². The molecule has 116 valence electrons. The van der Waals surface area contributed by atoms with Crippen LogP contribution in [0.5, 0.6) is 5.75 Å². The Bertz CT molecular complexity index is 528. The van der Waals surface area contributed by atoms with Gasteiger partial charge in [-0.05, 0) is 32.4 Å². The Kier molecular flexibility index (Phi) is 4.30. The summed E-state index contributed by atoms with van der Waals surface area (Å²) in [5.41, 5.74) is 7.00. The minimum Gasteiger partial charge on any atom is -0.491 e. The molecule has 1 aromatic rings. The fourth-order valence-corrected chi connectivity index (χ4v) is 2.69. The maximum atomic E-state index is 12.4. The monoisotopic (exact) mass is 291 g/mol. The van der Waals surface area contributed by atoms with Crippen molar-refractivity contribution in [1.29, 1.82) is 0 Å². The van der Waals surface area contributed by atoms with E-state index in [4.69, 9.17) is 10.5 Å². The van der Waals surface area contributed by atoms with Crippen molar-refractivity contribution in [2.75, 3.05) is 37.4 Å². The van der Waals surface area contributed by atoms with Gasteiger partial charge in [0.05, 0.1) is 12.3 Å². The van der Waals surface area contributed by atoms with E-state index in [2.05, 4.69) is 11.8 Å². The van der Waals surface area contributed by atoms with Crippen molar-refractivity contribution in [3.05, 3.63) is 18.2 Å². The average molecular weight is 291 g/mol. The van der Waals surface area contributed by atoms with Gasteiger partial charge in [-0.1, -0.05) is 6.92 Å². The lowest BCUT2D eigenvalue weighted by atomic mass is 9.96. The van der Waals surface area contributed by atoms with E-state index in [1.54, 1.807) is 4.90 Å². The molecular formula is C16H25N3O2. The fourth-order valence-electron chi connectivity index (χ4n) is 2.69. The molecule has 1 heterocycles. The van der Waals surface area contributed by atoms with Crippen LogP contribution in [0.1, 0.15) is 27.2 Å². The minimum absolute atomic E-state index is 0.126. The van der Waals surface area contributed by atoms with Crippen LogP contribution in [0.25, 0.3) is 0 Å². The summed E-state index contributed by atoms with van der Waals surface area (Å²) < 4.78 is 5.69. The quantitative estimate of drug-likeness (QED) is 0.863. The lowest BCUT2D eigenvalue weighted by molar-refractivity contribution is -0.136. The molecule has 0 atom stereocenters. The van der Waals surface area contributed by atoms with E-state index < -0.39 is 5.54 Å². The number of anilines is 2. The molecular weight excluding hydrogens is 266 g/mol. The first-order chi connectivity index (χ1) is 9.87. The topological polar surface area (TPSA) is 58.8 Å². The second-order valence-electron chi connectivity index (χ2n) is 6.01. The number of carbonyl (C=O) groups excluding carboxylic acids is 1. The lowest BCUT2D eigenvalue weighted by Gasteiger charge is -2.46. The van der Waals surface area contributed by atoms with Crippen LogP contribution in [0.2, 0.25) is 0 Å². The van der Waals surface area contributed by atoms with Crippen LogP contribution in [-0.2, 0) is 4.79 Å². The number of rotatable bonds is 4. The molecule has 0 unspecified atom stereocenters. The van der Waals surface area contributed by atoms with Gasteiger partial charge < -0.3 is 20.3 Å². The lowest BCUT2D eigenvalue weighted by Crippen LogP contribution is -2.62. The molecule has 5 heteroatoms. The molecule has 5 nitrogen and oxygen atoms in total. The van der Waals surface area contributed by atoms with Gasteiger partial charge in [0.2, 0.25) is 5.91 Å². The van der Waals surface area contributed by atoms with Crippen molar-refractivity contribution >= 4 is 17.3 Å². The summed E-state index contributed by atoms with van der Waals surface area (Å²) in [5, 5.41) is 0. The number of hydrogen-bond acceptors (Lipinski definition) is 4. The van der Waals surface area contributed by atoms with Gasteiger partial charge in [0.15, 0.2) is 0 Å². The summed E-state index contributed by atoms with van der Waals surface area (Å²) >= 11 is 0. The van der Waals surface area contributed by atoms with E-state index in [9.17, 15) is 4.79 Å². The van der Waals surface area contributed by atoms with Gasteiger partial charge in [0, 0.05) is 31.9 Å². The first-order valence-electron chi connectivity index (χ1n) is 7.43. The second kappa shape index (κ2) is 5.84. The van der Waals surface area contributed by atoms with Crippen LogP contribution in [-0.4, -0.2) is 43.1 Å². The third-order valence-corrected chi connectivity index (χ3v) is 3.97. The Morgan fingerprint density at radius 2 is 2.05 bits per heavy atom. The summed E-state index contributed by atoms with van der Waals surface area (Å²) in [6, 6.07) is 5.74. The number of likely N-dealkylation sites (N-methyl/N-ethyl adjacent to an activating group) is 1. The van der Waals surface area contributed by atoms with Crippen LogP contribution in [0.15, 0.2) is 18.2 Å². The van der Waals surface area contributed by atoms with E-state index >= 15 is 0 Å². The number of nitrogen functional groups attached to an aromatic ring is 1. The molecule has 0 spiro atoms. The van der Waals surface area contributed by atoms with Crippen LogP contribution in [0.4, 0.5) is 11.4 Å². The molecule has 0 radical (unpaired) electrons. The summed E-state index contributed by atoms with van der Waals surface area (Å²) in [6.07, 6.45) is 0.933. The van der Waals surface area contributed by atoms with Crippen molar-refractivity contribution in [2.24, 2.45) is 0 Å². The van der Waals surface area contributed by atoms with E-state index in [0.29, 0.717) is 18.0 Å². The predicted molar refractivity (Wildman–Crippen MR) is 85.7 cm³/mol. The zero-order chi connectivity index (χ0) is 15.6. The molecule has 0 aliphatic carbocycles. The number of ether oxygens (including phenoxy) is 1. The number of nitrogens with zero attached hydrogens (tertiary/aromatic N) is 2. The molecule has 1 amide bonds. The zero-order valence-corrected chi connectivity index (χ0v) is 13.3. The van der Waals surface area contributed by atoms with Crippen LogP contribution in [0.3, 0.4) is 0 Å². The number of carbonyl (C=O) groups is 1. The number of amides is 1. The van der Waals surface area contributed by atoms with Gasteiger partial charge >= 0.3 is 0 Å². The van der Waals surface area contributed by atoms with Crippen molar-refractivity contribution < 1.29 is 9.53 Å². The maximum Gasteiger partial charge on any atom is 0.247 e. The van der Waals surface area contributed by atoms with Crippen molar-refractivity contribution in [3.63, 3.8) is 0 Å². The number of benzene rings is 1. The third-order valence-electron chi connectivity index (χ3n) is 3.97. The highest BCUT2D eigenvalue weighted by atomic mass is 16.5. The van der Waals surface area contributed by atoms with Gasteiger partial charge in [-0.15, -0.1) is 0 Å². The summed E-state index contributed by atoms with van der Waals surface area (Å²) in [5.74, 6) is 0.818. The average Bonchev–Trinajstić information content (AvgIpc) is 2.45. The molecule has 1 aliphatic heterocycles. The van der Waals surface area contributed by atoms with Crippen LogP contribution < -0.4 is 15.4 Å². The first kappa shape index (κ1) is 15.5. The first-order valence-corrected chi connectivity index (χ1v) is 7.43. The molecule has 0 saturated carbocycles. The van der Waals surface area contributed by atoms with E-state index in [-0.39, 0.29) is 5.91 Å². The number of hydrogen-bond donors (Lipinski definition) is 1. The molecule has 1 aromatic carbocycles. The minimum atomic E-state index is -0.564. The molecule has 2 rings (SSSR count). The Balaban J connectivity index is 2.31. The standard InChI is InChI=1S/C16H25N3O2/c1-5-10-21-14-11-12(6-7-13(14)17)19-9-8-18(4)15(20)16(19,2)3/h6-7,11H,5,8-10,17H2,1-4H3. The maximum absolute atomic E-state index is 12.4. The van der Waals surface area contributed by atoms with E-state index in [1.165, 1.54) is 0 Å². The number of nitrogens with two attached hydrogens (primary N) is 1. The Labute approximate surface area is 126 Å². The third kappa shape index (κ3) is 2.91. The molecule has 0 bridgehead atoms.